The molecule has 1 aromatic rings. The van der Waals surface area contributed by atoms with Crippen molar-refractivity contribution in [3.8, 4) is 0 Å². The molecule has 0 atom stereocenters. The number of nitrogen functional groups attached to an aromatic ring is 1. The Labute approximate surface area is 122 Å². The minimum Gasteiger partial charge on any atom is -0.379 e. The van der Waals surface area contributed by atoms with Crippen molar-refractivity contribution in [2.75, 3.05) is 50.4 Å². The van der Waals surface area contributed by atoms with Gasteiger partial charge in [-0.2, -0.15) is 4.98 Å². The number of nitrogens with one attached hydrogen (secondary N) is 1. The highest BCUT2D eigenvalue weighted by molar-refractivity contribution is 5.60. The normalized spacial score (nSPS) is 15.9. The summed E-state index contributed by atoms with van der Waals surface area (Å²) >= 11 is 0. The van der Waals surface area contributed by atoms with Crippen LogP contribution in [0.1, 0.15) is 12.1 Å². The average molecular weight is 296 g/mol. The summed E-state index contributed by atoms with van der Waals surface area (Å²) in [6.07, 6.45) is 0.861. The van der Waals surface area contributed by atoms with Crippen molar-refractivity contribution in [2.24, 2.45) is 0 Å². The third kappa shape index (κ3) is 4.23. The number of aryl methyl sites for hydroxylation is 1. The molecule has 0 unspecified atom stereocenters. The van der Waals surface area contributed by atoms with E-state index in [1.807, 2.05) is 0 Å². The maximum Gasteiger partial charge on any atom is 0.332 e. The van der Waals surface area contributed by atoms with Gasteiger partial charge in [0, 0.05) is 19.6 Å². The van der Waals surface area contributed by atoms with Gasteiger partial charge in [-0.05, 0) is 19.9 Å². The number of hydrogen-bond donors (Lipinski definition) is 2. The molecule has 1 saturated heterocycles. The molecule has 1 aliphatic heterocycles. The molecule has 0 radical (unpaired) electrons. The van der Waals surface area contributed by atoms with Gasteiger partial charge in [0.25, 0.3) is 0 Å². The van der Waals surface area contributed by atoms with Gasteiger partial charge in [0.2, 0.25) is 11.8 Å². The molecule has 0 saturated carbocycles. The molecule has 0 aliphatic carbocycles. The van der Waals surface area contributed by atoms with Crippen molar-refractivity contribution < 1.29 is 9.66 Å². The Bertz CT molecular complexity index is 504. The van der Waals surface area contributed by atoms with E-state index >= 15 is 0 Å². The van der Waals surface area contributed by atoms with E-state index in [9.17, 15) is 10.1 Å². The number of morpholine rings is 1. The monoisotopic (exact) mass is 296 g/mol. The first-order valence-corrected chi connectivity index (χ1v) is 6.90. The standard InChI is InChI=1S/C12H20N6O3/c1-9-10(18(19)20)11(16-12(13)15-9)14-3-2-4-17-5-7-21-8-6-17/h2-8H2,1H3,(H3,13,14,15,16). The van der Waals surface area contributed by atoms with Crippen LogP contribution < -0.4 is 11.1 Å². The Kier molecular flexibility index (Phi) is 5.23. The quantitative estimate of drug-likeness (QED) is 0.440. The van der Waals surface area contributed by atoms with Crippen molar-refractivity contribution in [1.82, 2.24) is 14.9 Å². The minimum absolute atomic E-state index is 0.0359. The Morgan fingerprint density at radius 3 is 2.81 bits per heavy atom. The fourth-order valence-electron chi connectivity index (χ4n) is 2.26. The van der Waals surface area contributed by atoms with Crippen LogP contribution in [0, 0.1) is 17.0 Å². The van der Waals surface area contributed by atoms with Gasteiger partial charge in [-0.3, -0.25) is 15.0 Å². The lowest BCUT2D eigenvalue weighted by atomic mass is 10.3. The molecule has 3 N–H and O–H groups in total. The van der Waals surface area contributed by atoms with Crippen molar-refractivity contribution in [3.63, 3.8) is 0 Å². The van der Waals surface area contributed by atoms with Crippen LogP contribution in [0.15, 0.2) is 0 Å². The molecule has 9 heteroatoms. The van der Waals surface area contributed by atoms with Crippen LogP contribution in [0.3, 0.4) is 0 Å². The molecule has 9 nitrogen and oxygen atoms in total. The lowest BCUT2D eigenvalue weighted by Gasteiger charge is -2.26. The van der Waals surface area contributed by atoms with E-state index in [0.29, 0.717) is 6.54 Å². The maximum atomic E-state index is 11.1. The molecule has 1 aromatic heterocycles. The van der Waals surface area contributed by atoms with Gasteiger partial charge in [-0.25, -0.2) is 4.98 Å². The third-order valence-electron chi connectivity index (χ3n) is 3.31. The molecule has 21 heavy (non-hydrogen) atoms. The number of hydrogen-bond acceptors (Lipinski definition) is 8. The van der Waals surface area contributed by atoms with Gasteiger partial charge in [-0.15, -0.1) is 0 Å². The summed E-state index contributed by atoms with van der Waals surface area (Å²) in [5.41, 5.74) is 5.69. The highest BCUT2D eigenvalue weighted by atomic mass is 16.6. The van der Waals surface area contributed by atoms with Gasteiger partial charge in [0.15, 0.2) is 0 Å². The van der Waals surface area contributed by atoms with E-state index in [4.69, 9.17) is 10.5 Å². The number of ether oxygens (including phenoxy) is 1. The molecule has 2 rings (SSSR count). The second kappa shape index (κ2) is 7.14. The van der Waals surface area contributed by atoms with Crippen LogP contribution in [0.5, 0.6) is 0 Å². The molecule has 1 aliphatic rings. The summed E-state index contributed by atoms with van der Waals surface area (Å²) in [6, 6.07) is 0. The number of anilines is 2. The Balaban J connectivity index is 1.88. The van der Waals surface area contributed by atoms with Gasteiger partial charge in [-0.1, -0.05) is 0 Å². The van der Waals surface area contributed by atoms with Crippen LogP contribution in [0.25, 0.3) is 0 Å². The van der Waals surface area contributed by atoms with E-state index < -0.39 is 4.92 Å². The summed E-state index contributed by atoms with van der Waals surface area (Å²) in [7, 11) is 0. The first-order valence-electron chi connectivity index (χ1n) is 6.90. The van der Waals surface area contributed by atoms with Crippen molar-refractivity contribution >= 4 is 17.5 Å². The summed E-state index contributed by atoms with van der Waals surface area (Å²) in [5, 5.41) is 14.0. The number of rotatable bonds is 6. The zero-order valence-electron chi connectivity index (χ0n) is 12.0. The third-order valence-corrected chi connectivity index (χ3v) is 3.31. The van der Waals surface area contributed by atoms with E-state index in [-0.39, 0.29) is 23.1 Å². The molecule has 0 amide bonds. The summed E-state index contributed by atoms with van der Waals surface area (Å²) in [4.78, 5) is 20.6. The summed E-state index contributed by atoms with van der Waals surface area (Å²) < 4.78 is 5.28. The Morgan fingerprint density at radius 1 is 1.43 bits per heavy atom. The van der Waals surface area contributed by atoms with Crippen molar-refractivity contribution in [1.29, 1.82) is 0 Å². The second-order valence-corrected chi connectivity index (χ2v) is 4.86. The average Bonchev–Trinajstić information content (AvgIpc) is 2.43. The van der Waals surface area contributed by atoms with Crippen LogP contribution in [-0.2, 0) is 4.74 Å². The second-order valence-electron chi connectivity index (χ2n) is 4.86. The van der Waals surface area contributed by atoms with Crippen LogP contribution in [-0.4, -0.2) is 59.2 Å². The molecule has 1 fully saturated rings. The Morgan fingerprint density at radius 2 is 2.14 bits per heavy atom. The fourth-order valence-corrected chi connectivity index (χ4v) is 2.26. The van der Waals surface area contributed by atoms with E-state index in [0.717, 1.165) is 39.3 Å². The molecule has 116 valence electrons. The lowest BCUT2D eigenvalue weighted by molar-refractivity contribution is -0.385. The zero-order chi connectivity index (χ0) is 15.2. The molecule has 0 bridgehead atoms. The first-order chi connectivity index (χ1) is 10.1. The zero-order valence-corrected chi connectivity index (χ0v) is 12.0. The molecule has 2 heterocycles. The largest absolute Gasteiger partial charge is 0.379 e. The van der Waals surface area contributed by atoms with Crippen molar-refractivity contribution in [2.45, 2.75) is 13.3 Å². The van der Waals surface area contributed by atoms with Gasteiger partial charge in [0.1, 0.15) is 5.69 Å². The molecule has 0 spiro atoms. The number of aromatic nitrogens is 2. The topological polar surface area (TPSA) is 119 Å². The molecular formula is C12H20N6O3. The van der Waals surface area contributed by atoms with Gasteiger partial charge < -0.3 is 15.8 Å². The predicted octanol–water partition coefficient (Wildman–Crippen LogP) is 0.410. The smallest absolute Gasteiger partial charge is 0.332 e. The number of nitrogens with two attached hydrogens (primary N) is 1. The lowest BCUT2D eigenvalue weighted by Crippen LogP contribution is -2.37. The van der Waals surface area contributed by atoms with E-state index in [2.05, 4.69) is 20.2 Å². The fraction of sp³-hybridized carbons (Fsp3) is 0.667. The van der Waals surface area contributed by atoms with Crippen LogP contribution >= 0.6 is 0 Å². The highest BCUT2D eigenvalue weighted by Gasteiger charge is 2.21. The summed E-state index contributed by atoms with van der Waals surface area (Å²) in [5.74, 6) is 0.223. The Hall–Kier alpha value is -2.00. The van der Waals surface area contributed by atoms with Crippen molar-refractivity contribution in [3.05, 3.63) is 15.8 Å². The first kappa shape index (κ1) is 15.4. The number of nitro groups is 1. The van der Waals surface area contributed by atoms with Gasteiger partial charge in [0.05, 0.1) is 18.1 Å². The van der Waals surface area contributed by atoms with Crippen LogP contribution in [0.4, 0.5) is 17.5 Å². The molecular weight excluding hydrogens is 276 g/mol. The summed E-state index contributed by atoms with van der Waals surface area (Å²) in [6.45, 7) is 6.45. The number of nitrogens with zero attached hydrogens (tertiary/aromatic N) is 4. The van der Waals surface area contributed by atoms with Crippen LogP contribution in [0.2, 0.25) is 0 Å². The predicted molar refractivity (Wildman–Crippen MR) is 78.2 cm³/mol. The van der Waals surface area contributed by atoms with E-state index in [1.54, 1.807) is 6.92 Å². The highest BCUT2D eigenvalue weighted by Crippen LogP contribution is 2.25. The minimum atomic E-state index is -0.487. The van der Waals surface area contributed by atoms with Gasteiger partial charge >= 0.3 is 5.69 Å². The maximum absolute atomic E-state index is 11.1. The van der Waals surface area contributed by atoms with E-state index in [1.165, 1.54) is 0 Å². The molecule has 0 aromatic carbocycles. The SMILES string of the molecule is Cc1nc(N)nc(NCCCN2CCOCC2)c1[N+](=O)[O-].